The van der Waals surface area contributed by atoms with Gasteiger partial charge in [-0.1, -0.05) is 18.2 Å². The monoisotopic (exact) mass is 326 g/mol. The number of carbonyl (C=O) groups excluding carboxylic acids is 1. The average Bonchev–Trinajstić information content (AvgIpc) is 3.13. The molecule has 0 unspecified atom stereocenters. The van der Waals surface area contributed by atoms with Crippen molar-refractivity contribution < 1.29 is 13.9 Å². The van der Waals surface area contributed by atoms with Crippen molar-refractivity contribution >= 4 is 5.91 Å². The van der Waals surface area contributed by atoms with Crippen molar-refractivity contribution in [3.63, 3.8) is 0 Å². The highest BCUT2D eigenvalue weighted by Gasteiger charge is 2.43. The van der Waals surface area contributed by atoms with Gasteiger partial charge in [0.2, 0.25) is 0 Å². The molecule has 5 heteroatoms. The van der Waals surface area contributed by atoms with Gasteiger partial charge in [-0.3, -0.25) is 4.79 Å². The molecule has 1 amide bonds. The van der Waals surface area contributed by atoms with Crippen LogP contribution in [-0.2, 0) is 0 Å². The van der Waals surface area contributed by atoms with Gasteiger partial charge in [-0.15, -0.1) is 0 Å². The minimum atomic E-state index is -0.192. The van der Waals surface area contributed by atoms with Gasteiger partial charge in [0, 0.05) is 25.1 Å². The van der Waals surface area contributed by atoms with Gasteiger partial charge in [0.15, 0.2) is 5.76 Å². The van der Waals surface area contributed by atoms with Crippen molar-refractivity contribution in [1.82, 2.24) is 10.2 Å². The fourth-order valence-corrected chi connectivity index (χ4v) is 3.72. The molecule has 1 saturated heterocycles. The van der Waals surface area contributed by atoms with Crippen molar-refractivity contribution in [2.24, 2.45) is 0 Å². The normalized spacial score (nSPS) is 22.6. The number of nitrogens with one attached hydrogen (secondary N) is 1. The van der Waals surface area contributed by atoms with E-state index in [1.165, 1.54) is 6.26 Å². The Morgan fingerprint density at radius 3 is 2.75 bits per heavy atom. The fraction of sp³-hybridized carbons (Fsp3) is 0.421. The molecule has 2 aromatic rings. The molecule has 0 aliphatic carbocycles. The molecule has 24 heavy (non-hydrogen) atoms. The summed E-state index contributed by atoms with van der Waals surface area (Å²) in [6.07, 6.45) is 4.27. The van der Waals surface area contributed by atoms with Crippen LogP contribution < -0.4 is 10.1 Å². The molecule has 1 N–H and O–H groups in total. The zero-order valence-corrected chi connectivity index (χ0v) is 13.8. The third kappa shape index (κ3) is 2.80. The number of amides is 1. The number of nitrogens with zero attached hydrogens (tertiary/aromatic N) is 1. The largest absolute Gasteiger partial charge is 0.487 e. The Labute approximate surface area is 141 Å². The smallest absolute Gasteiger partial charge is 0.287 e. The van der Waals surface area contributed by atoms with Crippen molar-refractivity contribution in [1.29, 1.82) is 0 Å². The molecule has 126 valence electrons. The van der Waals surface area contributed by atoms with Crippen LogP contribution in [0.1, 0.15) is 41.4 Å². The van der Waals surface area contributed by atoms with Crippen LogP contribution in [-0.4, -0.2) is 36.5 Å². The Balaban J connectivity index is 1.61. The summed E-state index contributed by atoms with van der Waals surface area (Å²) < 4.78 is 11.6. The van der Waals surface area contributed by atoms with E-state index in [9.17, 15) is 4.79 Å². The minimum absolute atomic E-state index is 0.0593. The molecular formula is C19H22N2O3. The SMILES string of the molecule is CN1CCC2(CC1)C[C@H](NC(=O)c1ccco1)c1ccccc1O2. The lowest BCUT2D eigenvalue weighted by Crippen LogP contribution is -2.51. The molecule has 0 radical (unpaired) electrons. The fourth-order valence-electron chi connectivity index (χ4n) is 3.72. The van der Waals surface area contributed by atoms with E-state index in [1.807, 2.05) is 24.3 Å². The first kappa shape index (κ1) is 15.3. The summed E-state index contributed by atoms with van der Waals surface area (Å²) >= 11 is 0. The maximum Gasteiger partial charge on any atom is 0.287 e. The van der Waals surface area contributed by atoms with Crippen LogP contribution in [0.25, 0.3) is 0 Å². The zero-order chi connectivity index (χ0) is 16.6. The number of rotatable bonds is 2. The Morgan fingerprint density at radius 2 is 2.00 bits per heavy atom. The Hall–Kier alpha value is -2.27. The predicted molar refractivity (Wildman–Crippen MR) is 90.1 cm³/mol. The maximum atomic E-state index is 12.5. The number of hydrogen-bond donors (Lipinski definition) is 1. The molecule has 4 rings (SSSR count). The van der Waals surface area contributed by atoms with Crippen LogP contribution in [0, 0.1) is 0 Å². The summed E-state index contributed by atoms with van der Waals surface area (Å²) in [6.45, 7) is 2.03. The molecule has 2 aliphatic heterocycles. The number of hydrogen-bond acceptors (Lipinski definition) is 4. The van der Waals surface area contributed by atoms with Gasteiger partial charge >= 0.3 is 0 Å². The molecule has 1 spiro atoms. The second kappa shape index (κ2) is 5.98. The number of likely N-dealkylation sites (tertiary alicyclic amines) is 1. The van der Waals surface area contributed by atoms with E-state index < -0.39 is 0 Å². The Kier molecular flexibility index (Phi) is 3.81. The number of furan rings is 1. The van der Waals surface area contributed by atoms with Crippen molar-refractivity contribution in [3.05, 3.63) is 54.0 Å². The number of ether oxygens (including phenoxy) is 1. The molecule has 0 bridgehead atoms. The quantitative estimate of drug-likeness (QED) is 0.922. The molecule has 2 aliphatic rings. The van der Waals surface area contributed by atoms with E-state index in [4.69, 9.17) is 9.15 Å². The van der Waals surface area contributed by atoms with Gasteiger partial charge in [0.25, 0.3) is 5.91 Å². The summed E-state index contributed by atoms with van der Waals surface area (Å²) in [7, 11) is 2.14. The van der Waals surface area contributed by atoms with Crippen molar-refractivity contribution in [3.8, 4) is 5.75 Å². The molecule has 1 aromatic heterocycles. The van der Waals surface area contributed by atoms with Crippen LogP contribution in [0.5, 0.6) is 5.75 Å². The highest BCUT2D eigenvalue weighted by Crippen LogP contribution is 2.44. The first-order valence-corrected chi connectivity index (χ1v) is 8.46. The number of carbonyl (C=O) groups is 1. The second-order valence-electron chi connectivity index (χ2n) is 6.83. The van der Waals surface area contributed by atoms with Crippen LogP contribution in [0.4, 0.5) is 0 Å². The van der Waals surface area contributed by atoms with Crippen LogP contribution in [0.2, 0.25) is 0 Å². The molecule has 3 heterocycles. The first-order chi connectivity index (χ1) is 11.7. The topological polar surface area (TPSA) is 54.7 Å². The molecule has 1 atom stereocenters. The van der Waals surface area contributed by atoms with Gasteiger partial charge in [-0.2, -0.15) is 0 Å². The highest BCUT2D eigenvalue weighted by atomic mass is 16.5. The van der Waals surface area contributed by atoms with Gasteiger partial charge in [0.1, 0.15) is 11.4 Å². The number of piperidine rings is 1. The third-order valence-electron chi connectivity index (χ3n) is 5.15. The van der Waals surface area contributed by atoms with Gasteiger partial charge in [-0.25, -0.2) is 0 Å². The van der Waals surface area contributed by atoms with Crippen molar-refractivity contribution in [2.45, 2.75) is 30.9 Å². The molecule has 1 fully saturated rings. The summed E-state index contributed by atoms with van der Waals surface area (Å²) in [5.41, 5.74) is 0.851. The lowest BCUT2D eigenvalue weighted by atomic mass is 9.80. The van der Waals surface area contributed by atoms with E-state index in [2.05, 4.69) is 17.3 Å². The van der Waals surface area contributed by atoms with Crippen LogP contribution >= 0.6 is 0 Å². The maximum absolute atomic E-state index is 12.5. The van der Waals surface area contributed by atoms with E-state index in [1.54, 1.807) is 12.1 Å². The molecule has 5 nitrogen and oxygen atoms in total. The van der Waals surface area contributed by atoms with E-state index in [0.29, 0.717) is 5.76 Å². The van der Waals surface area contributed by atoms with Gasteiger partial charge < -0.3 is 19.4 Å². The van der Waals surface area contributed by atoms with E-state index in [-0.39, 0.29) is 17.6 Å². The summed E-state index contributed by atoms with van der Waals surface area (Å²) in [6, 6.07) is 11.4. The molecular weight excluding hydrogens is 304 g/mol. The van der Waals surface area contributed by atoms with E-state index >= 15 is 0 Å². The summed E-state index contributed by atoms with van der Waals surface area (Å²) in [5.74, 6) is 1.05. The van der Waals surface area contributed by atoms with Crippen LogP contribution in [0.3, 0.4) is 0 Å². The highest BCUT2D eigenvalue weighted by molar-refractivity contribution is 5.91. The average molecular weight is 326 g/mol. The summed E-state index contributed by atoms with van der Waals surface area (Å²) in [4.78, 5) is 14.8. The van der Waals surface area contributed by atoms with Gasteiger partial charge in [-0.05, 0) is 38.1 Å². The standard InChI is InChI=1S/C19H22N2O3/c1-21-10-8-19(9-11-21)13-15(14-5-2-3-6-16(14)24-19)20-18(22)17-7-4-12-23-17/h2-7,12,15H,8-11,13H2,1H3,(H,20,22)/t15-/m0/s1. The Morgan fingerprint density at radius 1 is 1.21 bits per heavy atom. The molecule has 0 saturated carbocycles. The first-order valence-electron chi connectivity index (χ1n) is 8.46. The second-order valence-corrected chi connectivity index (χ2v) is 6.83. The molecule has 1 aromatic carbocycles. The zero-order valence-electron chi connectivity index (χ0n) is 13.8. The van der Waals surface area contributed by atoms with Crippen molar-refractivity contribution in [2.75, 3.05) is 20.1 Å². The summed E-state index contributed by atoms with van der Waals surface area (Å²) in [5, 5.41) is 3.13. The Bertz CT molecular complexity index is 718. The number of benzene rings is 1. The minimum Gasteiger partial charge on any atom is -0.487 e. The predicted octanol–water partition coefficient (Wildman–Crippen LogP) is 3.00. The lowest BCUT2D eigenvalue weighted by Gasteiger charge is -2.46. The number of fused-ring (bicyclic) bond motifs is 1. The van der Waals surface area contributed by atoms with Gasteiger partial charge in [0.05, 0.1) is 12.3 Å². The lowest BCUT2D eigenvalue weighted by molar-refractivity contribution is -0.0196. The number of para-hydroxylation sites is 1. The van der Waals surface area contributed by atoms with E-state index in [0.717, 1.165) is 43.7 Å². The van der Waals surface area contributed by atoms with Crippen LogP contribution in [0.15, 0.2) is 47.1 Å². The third-order valence-corrected chi connectivity index (χ3v) is 5.15.